The Labute approximate surface area is 103 Å². The molecule has 1 aromatic heterocycles. The Morgan fingerprint density at radius 2 is 2.25 bits per heavy atom. The van der Waals surface area contributed by atoms with Gasteiger partial charge in [-0.15, -0.1) is 0 Å². The Hall–Kier alpha value is -1.13. The minimum atomic E-state index is 0.621. The number of aromatic amines is 1. The number of nitrogens with one attached hydrogen (secondary N) is 1. The van der Waals surface area contributed by atoms with Crippen molar-refractivity contribution in [1.29, 1.82) is 0 Å². The molecule has 0 amide bonds. The van der Waals surface area contributed by atoms with Crippen LogP contribution in [0.3, 0.4) is 0 Å². The maximum atomic E-state index is 5.98. The van der Waals surface area contributed by atoms with Crippen LogP contribution in [0.15, 0.2) is 34.3 Å². The van der Waals surface area contributed by atoms with E-state index in [2.05, 4.69) is 10.2 Å². The van der Waals surface area contributed by atoms with Crippen LogP contribution in [0.25, 0.3) is 0 Å². The summed E-state index contributed by atoms with van der Waals surface area (Å²) >= 11 is 7.51. The first kappa shape index (κ1) is 11.4. The predicted octanol–water partition coefficient (Wildman–Crippen LogP) is 3.53. The summed E-state index contributed by atoms with van der Waals surface area (Å²) in [7, 11) is 1.66. The smallest absolute Gasteiger partial charge is 0.133 e. The first-order valence-corrected chi connectivity index (χ1v) is 5.92. The van der Waals surface area contributed by atoms with Gasteiger partial charge in [0.25, 0.3) is 0 Å². The third kappa shape index (κ3) is 2.18. The molecule has 0 aliphatic rings. The van der Waals surface area contributed by atoms with Crippen LogP contribution in [-0.2, 0) is 0 Å². The molecule has 16 heavy (non-hydrogen) atoms. The Morgan fingerprint density at radius 3 is 2.88 bits per heavy atom. The van der Waals surface area contributed by atoms with Crippen LogP contribution >= 0.6 is 23.4 Å². The monoisotopic (exact) mass is 254 g/mol. The summed E-state index contributed by atoms with van der Waals surface area (Å²) in [6.07, 6.45) is 1.59. The van der Waals surface area contributed by atoms with Crippen LogP contribution in [-0.4, -0.2) is 17.3 Å². The van der Waals surface area contributed by atoms with Crippen molar-refractivity contribution in [1.82, 2.24) is 10.2 Å². The summed E-state index contributed by atoms with van der Waals surface area (Å²) < 4.78 is 5.32. The maximum absolute atomic E-state index is 5.98. The molecule has 1 heterocycles. The van der Waals surface area contributed by atoms with E-state index in [-0.39, 0.29) is 0 Å². The highest BCUT2D eigenvalue weighted by Gasteiger charge is 2.11. The molecular formula is C11H11ClN2OS. The van der Waals surface area contributed by atoms with E-state index in [1.807, 2.05) is 25.1 Å². The highest BCUT2D eigenvalue weighted by atomic mass is 35.5. The normalized spacial score (nSPS) is 10.4. The minimum absolute atomic E-state index is 0.621. The third-order valence-electron chi connectivity index (χ3n) is 2.16. The zero-order valence-electron chi connectivity index (χ0n) is 8.95. The van der Waals surface area contributed by atoms with Gasteiger partial charge in [-0.05, 0) is 18.6 Å². The van der Waals surface area contributed by atoms with E-state index >= 15 is 0 Å². The number of halogens is 1. The summed E-state index contributed by atoms with van der Waals surface area (Å²) in [5.74, 6) is 0.843. The van der Waals surface area contributed by atoms with E-state index in [1.54, 1.807) is 13.3 Å². The van der Waals surface area contributed by atoms with Crippen LogP contribution < -0.4 is 4.74 Å². The van der Waals surface area contributed by atoms with Gasteiger partial charge in [0.1, 0.15) is 10.8 Å². The second kappa shape index (κ2) is 4.80. The van der Waals surface area contributed by atoms with Gasteiger partial charge in [0.15, 0.2) is 0 Å². The molecule has 84 valence electrons. The predicted molar refractivity (Wildman–Crippen MR) is 65.5 cm³/mol. The number of nitrogens with zero attached hydrogens (tertiary/aromatic N) is 1. The number of benzene rings is 1. The molecule has 0 bridgehead atoms. The van der Waals surface area contributed by atoms with Crippen molar-refractivity contribution >= 4 is 23.4 Å². The number of hydrogen-bond donors (Lipinski definition) is 1. The summed E-state index contributed by atoms with van der Waals surface area (Å²) in [6.45, 7) is 2.04. The lowest BCUT2D eigenvalue weighted by Gasteiger charge is -2.09. The lowest BCUT2D eigenvalue weighted by Crippen LogP contribution is -1.89. The van der Waals surface area contributed by atoms with Gasteiger partial charge < -0.3 is 4.74 Å². The van der Waals surface area contributed by atoms with Gasteiger partial charge in [0, 0.05) is 0 Å². The molecule has 1 N–H and O–H groups in total. The molecular weight excluding hydrogens is 244 g/mol. The van der Waals surface area contributed by atoms with Gasteiger partial charge in [-0.25, -0.2) is 0 Å². The van der Waals surface area contributed by atoms with Crippen LogP contribution in [0.5, 0.6) is 5.75 Å². The SMILES string of the molecule is COc1cccc(C)c1Sc1[nH]ncc1Cl. The molecule has 0 spiro atoms. The van der Waals surface area contributed by atoms with E-state index in [0.717, 1.165) is 21.2 Å². The van der Waals surface area contributed by atoms with Gasteiger partial charge in [-0.3, -0.25) is 5.10 Å². The molecule has 0 aliphatic carbocycles. The molecule has 1 aromatic carbocycles. The van der Waals surface area contributed by atoms with E-state index in [0.29, 0.717) is 5.02 Å². The van der Waals surface area contributed by atoms with Crippen LogP contribution in [0, 0.1) is 6.92 Å². The summed E-state index contributed by atoms with van der Waals surface area (Å²) in [4.78, 5) is 1.05. The summed E-state index contributed by atoms with van der Waals surface area (Å²) in [6, 6.07) is 5.93. The zero-order valence-corrected chi connectivity index (χ0v) is 10.5. The Bertz CT molecular complexity index is 498. The average molecular weight is 255 g/mol. The van der Waals surface area contributed by atoms with E-state index in [1.165, 1.54) is 11.8 Å². The second-order valence-corrected chi connectivity index (χ2v) is 4.68. The summed E-state index contributed by atoms with van der Waals surface area (Å²) in [5.41, 5.74) is 1.15. The van der Waals surface area contributed by atoms with Gasteiger partial charge in [-0.1, -0.05) is 35.5 Å². The van der Waals surface area contributed by atoms with Crippen molar-refractivity contribution in [3.8, 4) is 5.75 Å². The lowest BCUT2D eigenvalue weighted by atomic mass is 10.2. The Morgan fingerprint density at radius 1 is 1.44 bits per heavy atom. The Kier molecular flexibility index (Phi) is 3.41. The first-order valence-electron chi connectivity index (χ1n) is 4.72. The first-order chi connectivity index (χ1) is 7.72. The standard InChI is InChI=1S/C11H11ClN2OS/c1-7-4-3-5-9(15-2)10(7)16-11-8(12)6-13-14-11/h3-6H,1-2H3,(H,13,14). The van der Waals surface area contributed by atoms with Gasteiger partial charge in [0.05, 0.1) is 23.2 Å². The Balaban J connectivity index is 2.37. The number of hydrogen-bond acceptors (Lipinski definition) is 3. The fourth-order valence-electron chi connectivity index (χ4n) is 1.35. The molecule has 0 saturated carbocycles. The van der Waals surface area contributed by atoms with E-state index in [9.17, 15) is 0 Å². The number of aromatic nitrogens is 2. The minimum Gasteiger partial charge on any atom is -0.496 e. The molecule has 0 unspecified atom stereocenters. The van der Waals surface area contributed by atoms with Crippen LogP contribution in [0.2, 0.25) is 5.02 Å². The van der Waals surface area contributed by atoms with Crippen LogP contribution in [0.1, 0.15) is 5.56 Å². The molecule has 0 aliphatic heterocycles. The summed E-state index contributed by atoms with van der Waals surface area (Å²) in [5, 5.41) is 8.19. The van der Waals surface area contributed by atoms with Gasteiger partial charge >= 0.3 is 0 Å². The zero-order chi connectivity index (χ0) is 11.5. The van der Waals surface area contributed by atoms with Crippen molar-refractivity contribution in [2.45, 2.75) is 16.8 Å². The molecule has 5 heteroatoms. The molecule has 0 radical (unpaired) electrons. The highest BCUT2D eigenvalue weighted by Crippen LogP contribution is 2.38. The topological polar surface area (TPSA) is 37.9 Å². The number of H-pyrrole nitrogens is 1. The molecule has 0 fully saturated rings. The van der Waals surface area contributed by atoms with Crippen molar-refractivity contribution < 1.29 is 4.74 Å². The highest BCUT2D eigenvalue weighted by molar-refractivity contribution is 7.99. The van der Waals surface area contributed by atoms with Gasteiger partial charge in [-0.2, -0.15) is 5.10 Å². The molecule has 2 aromatic rings. The second-order valence-electron chi connectivity index (χ2n) is 3.26. The molecule has 0 saturated heterocycles. The van der Waals surface area contributed by atoms with Gasteiger partial charge in [0.2, 0.25) is 0 Å². The van der Waals surface area contributed by atoms with Crippen molar-refractivity contribution in [2.24, 2.45) is 0 Å². The number of ether oxygens (including phenoxy) is 1. The largest absolute Gasteiger partial charge is 0.496 e. The molecule has 2 rings (SSSR count). The maximum Gasteiger partial charge on any atom is 0.133 e. The van der Waals surface area contributed by atoms with E-state index < -0.39 is 0 Å². The fraction of sp³-hybridized carbons (Fsp3) is 0.182. The molecule has 0 atom stereocenters. The van der Waals surface area contributed by atoms with Crippen LogP contribution in [0.4, 0.5) is 0 Å². The number of methoxy groups -OCH3 is 1. The lowest BCUT2D eigenvalue weighted by molar-refractivity contribution is 0.404. The average Bonchev–Trinajstić information content (AvgIpc) is 2.67. The number of rotatable bonds is 3. The van der Waals surface area contributed by atoms with Crippen molar-refractivity contribution in [3.05, 3.63) is 35.0 Å². The quantitative estimate of drug-likeness (QED) is 0.911. The van der Waals surface area contributed by atoms with Crippen molar-refractivity contribution in [3.63, 3.8) is 0 Å². The van der Waals surface area contributed by atoms with Crippen molar-refractivity contribution in [2.75, 3.05) is 7.11 Å². The third-order valence-corrected chi connectivity index (χ3v) is 3.80. The van der Waals surface area contributed by atoms with E-state index in [4.69, 9.17) is 16.3 Å². The fourth-order valence-corrected chi connectivity index (χ4v) is 2.49. The number of aryl methyl sites for hydroxylation is 1. The molecule has 3 nitrogen and oxygen atoms in total.